The van der Waals surface area contributed by atoms with E-state index in [4.69, 9.17) is 9.47 Å². The molecule has 0 N–H and O–H groups in total. The van der Waals surface area contributed by atoms with Crippen LogP contribution in [0.5, 0.6) is 11.5 Å². The molecule has 0 aliphatic carbocycles. The van der Waals surface area contributed by atoms with Gasteiger partial charge in [-0.15, -0.1) is 0 Å². The lowest BCUT2D eigenvalue weighted by Gasteiger charge is -2.20. The summed E-state index contributed by atoms with van der Waals surface area (Å²) in [6.07, 6.45) is 0.697. The normalized spacial score (nSPS) is 12.8. The van der Waals surface area contributed by atoms with Gasteiger partial charge in [0.05, 0.1) is 17.7 Å². The first-order valence-corrected chi connectivity index (χ1v) is 12.0. The SMILES string of the molecule is COc1ccc(CN(C)C(=O)COc2ccc(S(=O)(=O)N3CCc4ccccc43)cc2)cc1. The molecular weight excluding hydrogens is 440 g/mol. The molecule has 0 radical (unpaired) electrons. The Labute approximate surface area is 194 Å². The van der Waals surface area contributed by atoms with Crippen LogP contribution in [0.25, 0.3) is 0 Å². The van der Waals surface area contributed by atoms with Crippen LogP contribution in [0.4, 0.5) is 5.69 Å². The highest BCUT2D eigenvalue weighted by molar-refractivity contribution is 7.92. The molecule has 33 heavy (non-hydrogen) atoms. The molecule has 0 fully saturated rings. The van der Waals surface area contributed by atoms with E-state index in [0.717, 1.165) is 22.6 Å². The Kier molecular flexibility index (Phi) is 6.55. The smallest absolute Gasteiger partial charge is 0.264 e. The van der Waals surface area contributed by atoms with Crippen molar-refractivity contribution in [3.8, 4) is 11.5 Å². The number of hydrogen-bond donors (Lipinski definition) is 0. The fourth-order valence-corrected chi connectivity index (χ4v) is 5.24. The molecule has 1 heterocycles. The van der Waals surface area contributed by atoms with Crippen LogP contribution in [0.15, 0.2) is 77.7 Å². The number of fused-ring (bicyclic) bond motifs is 1. The Morgan fingerprint density at radius 3 is 2.33 bits per heavy atom. The third-order valence-corrected chi connectivity index (χ3v) is 7.45. The summed E-state index contributed by atoms with van der Waals surface area (Å²) in [6, 6.07) is 21.2. The number of nitrogens with zero attached hydrogens (tertiary/aromatic N) is 2. The molecule has 1 aliphatic heterocycles. The van der Waals surface area contributed by atoms with Crippen molar-refractivity contribution in [3.63, 3.8) is 0 Å². The Bertz CT molecular complexity index is 1220. The standard InChI is InChI=1S/C25H26N2O5S/c1-26(17-19-7-9-21(31-2)10-8-19)25(28)18-32-22-11-13-23(14-12-22)33(29,30)27-16-15-20-5-3-4-6-24(20)27/h3-14H,15-18H2,1-2H3. The van der Waals surface area contributed by atoms with Crippen LogP contribution in [0.1, 0.15) is 11.1 Å². The predicted molar refractivity (Wildman–Crippen MR) is 126 cm³/mol. The van der Waals surface area contributed by atoms with Gasteiger partial charge in [-0.3, -0.25) is 9.10 Å². The summed E-state index contributed by atoms with van der Waals surface area (Å²) in [5.41, 5.74) is 2.73. The van der Waals surface area contributed by atoms with Crippen molar-refractivity contribution in [2.75, 3.05) is 31.6 Å². The number of hydrogen-bond acceptors (Lipinski definition) is 5. The highest BCUT2D eigenvalue weighted by Crippen LogP contribution is 2.33. The molecule has 172 valence electrons. The number of benzene rings is 3. The van der Waals surface area contributed by atoms with Gasteiger partial charge in [0.2, 0.25) is 0 Å². The molecular formula is C25H26N2O5S. The largest absolute Gasteiger partial charge is 0.497 e. The van der Waals surface area contributed by atoms with Crippen LogP contribution < -0.4 is 13.8 Å². The minimum atomic E-state index is -3.66. The van der Waals surface area contributed by atoms with Crippen LogP contribution in [0.2, 0.25) is 0 Å². The summed E-state index contributed by atoms with van der Waals surface area (Å²) in [7, 11) is -0.345. The fourth-order valence-electron chi connectivity index (χ4n) is 3.74. The van der Waals surface area contributed by atoms with Gasteiger partial charge in [-0.1, -0.05) is 30.3 Å². The van der Waals surface area contributed by atoms with Gasteiger partial charge in [-0.2, -0.15) is 0 Å². The molecule has 8 heteroatoms. The van der Waals surface area contributed by atoms with Crippen molar-refractivity contribution in [2.45, 2.75) is 17.9 Å². The van der Waals surface area contributed by atoms with Crippen molar-refractivity contribution >= 4 is 21.6 Å². The molecule has 0 bridgehead atoms. The molecule has 4 rings (SSSR count). The number of carbonyl (C=O) groups excluding carboxylic acids is 1. The zero-order valence-corrected chi connectivity index (χ0v) is 19.4. The molecule has 0 saturated heterocycles. The van der Waals surface area contributed by atoms with E-state index >= 15 is 0 Å². The van der Waals surface area contributed by atoms with Crippen LogP contribution in [0.3, 0.4) is 0 Å². The highest BCUT2D eigenvalue weighted by atomic mass is 32.2. The quantitative estimate of drug-likeness (QED) is 0.508. The van der Waals surface area contributed by atoms with Gasteiger partial charge in [0.25, 0.3) is 15.9 Å². The van der Waals surface area contributed by atoms with Gasteiger partial charge in [-0.05, 0) is 60.0 Å². The van der Waals surface area contributed by atoms with Gasteiger partial charge < -0.3 is 14.4 Å². The third kappa shape index (κ3) is 4.96. The number of ether oxygens (including phenoxy) is 2. The molecule has 1 aliphatic rings. The van der Waals surface area contributed by atoms with Gasteiger partial charge in [-0.25, -0.2) is 8.42 Å². The average Bonchev–Trinajstić information content (AvgIpc) is 3.28. The van der Waals surface area contributed by atoms with Crippen molar-refractivity contribution in [3.05, 3.63) is 83.9 Å². The van der Waals surface area contributed by atoms with Crippen molar-refractivity contribution in [1.82, 2.24) is 4.90 Å². The van der Waals surface area contributed by atoms with Gasteiger partial charge in [0.1, 0.15) is 11.5 Å². The maximum absolute atomic E-state index is 13.1. The summed E-state index contributed by atoms with van der Waals surface area (Å²) in [4.78, 5) is 14.2. The number of anilines is 1. The van der Waals surface area contributed by atoms with E-state index in [2.05, 4.69) is 0 Å². The summed E-state index contributed by atoms with van der Waals surface area (Å²) in [5.74, 6) is 1.01. The highest BCUT2D eigenvalue weighted by Gasteiger charge is 2.30. The second kappa shape index (κ2) is 9.54. The Morgan fingerprint density at radius 2 is 1.64 bits per heavy atom. The monoisotopic (exact) mass is 466 g/mol. The molecule has 0 saturated carbocycles. The molecule has 3 aromatic rings. The maximum atomic E-state index is 13.1. The van der Waals surface area contributed by atoms with Gasteiger partial charge >= 0.3 is 0 Å². The van der Waals surface area contributed by atoms with Crippen LogP contribution in [0, 0.1) is 0 Å². The molecule has 1 amide bonds. The lowest BCUT2D eigenvalue weighted by molar-refractivity contribution is -0.132. The number of methoxy groups -OCH3 is 1. The van der Waals surface area contributed by atoms with E-state index in [-0.39, 0.29) is 17.4 Å². The number of carbonyl (C=O) groups is 1. The van der Waals surface area contributed by atoms with E-state index < -0.39 is 10.0 Å². The van der Waals surface area contributed by atoms with Crippen molar-refractivity contribution in [1.29, 1.82) is 0 Å². The number of sulfonamides is 1. The van der Waals surface area contributed by atoms with Gasteiger partial charge in [0.15, 0.2) is 6.61 Å². The van der Waals surface area contributed by atoms with Crippen LogP contribution in [-0.2, 0) is 27.8 Å². The number of amides is 1. The molecule has 0 atom stereocenters. The molecule has 0 aromatic heterocycles. The summed E-state index contributed by atoms with van der Waals surface area (Å²) in [6.45, 7) is 0.730. The van der Waals surface area contributed by atoms with Crippen LogP contribution >= 0.6 is 0 Å². The van der Waals surface area contributed by atoms with Crippen LogP contribution in [-0.4, -0.2) is 46.5 Å². The second-order valence-electron chi connectivity index (χ2n) is 7.81. The molecule has 3 aromatic carbocycles. The van der Waals surface area contributed by atoms with Crippen molar-refractivity contribution < 1.29 is 22.7 Å². The lowest BCUT2D eigenvalue weighted by atomic mass is 10.2. The number of para-hydroxylation sites is 1. The minimum Gasteiger partial charge on any atom is -0.497 e. The number of rotatable bonds is 8. The summed E-state index contributed by atoms with van der Waals surface area (Å²) in [5, 5.41) is 0. The maximum Gasteiger partial charge on any atom is 0.264 e. The fraction of sp³-hybridized carbons (Fsp3) is 0.240. The number of likely N-dealkylation sites (N-methyl/N-ethyl adjacent to an activating group) is 1. The Balaban J connectivity index is 1.35. The Hall–Kier alpha value is -3.52. The van der Waals surface area contributed by atoms with E-state index in [0.29, 0.717) is 25.3 Å². The lowest BCUT2D eigenvalue weighted by Crippen LogP contribution is -2.31. The zero-order chi connectivity index (χ0) is 23.4. The van der Waals surface area contributed by atoms with E-state index in [9.17, 15) is 13.2 Å². The first-order chi connectivity index (χ1) is 15.9. The first-order valence-electron chi connectivity index (χ1n) is 10.6. The van der Waals surface area contributed by atoms with E-state index in [1.54, 1.807) is 31.2 Å². The van der Waals surface area contributed by atoms with Crippen molar-refractivity contribution in [2.24, 2.45) is 0 Å². The summed E-state index contributed by atoms with van der Waals surface area (Å²) >= 11 is 0. The zero-order valence-electron chi connectivity index (χ0n) is 18.6. The van der Waals surface area contributed by atoms with E-state index in [1.807, 2.05) is 48.5 Å². The first kappa shape index (κ1) is 22.7. The Morgan fingerprint density at radius 1 is 0.970 bits per heavy atom. The molecule has 0 spiro atoms. The van der Waals surface area contributed by atoms with E-state index in [1.165, 1.54) is 16.4 Å². The average molecular weight is 467 g/mol. The third-order valence-electron chi connectivity index (χ3n) is 5.62. The van der Waals surface area contributed by atoms with Gasteiger partial charge in [0, 0.05) is 20.1 Å². The minimum absolute atomic E-state index is 0.141. The predicted octanol–water partition coefficient (Wildman–Crippen LogP) is 3.48. The molecule has 7 nitrogen and oxygen atoms in total. The summed E-state index contributed by atoms with van der Waals surface area (Å²) < 4.78 is 38.4. The molecule has 0 unspecified atom stereocenters. The topological polar surface area (TPSA) is 76.1 Å². The second-order valence-corrected chi connectivity index (χ2v) is 9.68.